The van der Waals surface area contributed by atoms with Crippen LogP contribution >= 0.6 is 11.8 Å². The Morgan fingerprint density at radius 3 is 1.88 bits per heavy atom. The monoisotopic (exact) mass is 672 g/mol. The first-order valence-electron chi connectivity index (χ1n) is 17.0. The Morgan fingerprint density at radius 1 is 0.640 bits per heavy atom. The number of hydrogen-bond donors (Lipinski definition) is 0. The predicted octanol–water partition coefficient (Wildman–Crippen LogP) is 6.11. The number of anilines is 3. The summed E-state index contributed by atoms with van der Waals surface area (Å²) in [6, 6.07) is 60.0. The zero-order valence-corrected chi connectivity index (χ0v) is 29.1. The summed E-state index contributed by atoms with van der Waals surface area (Å²) in [5.41, 5.74) is 8.61. The Labute approximate surface area is 297 Å². The van der Waals surface area contributed by atoms with Crippen molar-refractivity contribution in [3.05, 3.63) is 169 Å². The molecule has 234 valence electrons. The minimum atomic E-state index is -2.76. The summed E-state index contributed by atoms with van der Waals surface area (Å²) in [4.78, 5) is 4.66. The smallest absolute Gasteiger partial charge is 0.256 e. The van der Waals surface area contributed by atoms with Gasteiger partial charge in [0.05, 0.1) is 5.56 Å². The van der Waals surface area contributed by atoms with Crippen molar-refractivity contribution in [3.8, 4) is 17.6 Å². The van der Waals surface area contributed by atoms with Crippen molar-refractivity contribution in [2.75, 3.05) is 4.90 Å². The van der Waals surface area contributed by atoms with E-state index < -0.39 is 8.07 Å². The lowest BCUT2D eigenvalue weighted by Crippen LogP contribution is -2.77. The van der Waals surface area contributed by atoms with Crippen molar-refractivity contribution in [1.82, 2.24) is 0 Å². The molecule has 0 spiro atoms. The van der Waals surface area contributed by atoms with E-state index in [4.69, 9.17) is 4.74 Å². The van der Waals surface area contributed by atoms with Crippen LogP contribution in [0.2, 0.25) is 0 Å². The molecule has 0 unspecified atom stereocenters. The van der Waals surface area contributed by atoms with Gasteiger partial charge in [0.2, 0.25) is 0 Å². The highest BCUT2D eigenvalue weighted by atomic mass is 32.2. The average Bonchev–Trinajstić information content (AvgIpc) is 3.18. The first-order chi connectivity index (χ1) is 24.7. The van der Waals surface area contributed by atoms with Gasteiger partial charge in [-0.15, -0.1) is 0 Å². The van der Waals surface area contributed by atoms with E-state index in [2.05, 4.69) is 170 Å². The van der Waals surface area contributed by atoms with Gasteiger partial charge in [-0.25, -0.2) is 0 Å². The van der Waals surface area contributed by atoms with Gasteiger partial charge >= 0.3 is 0 Å². The van der Waals surface area contributed by atoms with Crippen LogP contribution in [0.15, 0.2) is 168 Å². The fourth-order valence-electron chi connectivity index (χ4n) is 8.66. The predicted molar refractivity (Wildman–Crippen MR) is 209 cm³/mol. The largest absolute Gasteiger partial charge is 0.458 e. The molecular formula is C44H29BN2OSSi. The lowest BCUT2D eigenvalue weighted by molar-refractivity contribution is 0.482. The van der Waals surface area contributed by atoms with Crippen LogP contribution in [0.4, 0.5) is 17.1 Å². The summed E-state index contributed by atoms with van der Waals surface area (Å²) in [7, 11) is -2.76. The van der Waals surface area contributed by atoms with E-state index in [9.17, 15) is 5.26 Å². The summed E-state index contributed by atoms with van der Waals surface area (Å²) in [5, 5.41) is 15.8. The van der Waals surface area contributed by atoms with Crippen LogP contribution in [0, 0.1) is 18.3 Å². The lowest BCUT2D eigenvalue weighted by Gasteiger charge is -2.46. The third-order valence-electron chi connectivity index (χ3n) is 10.6. The maximum atomic E-state index is 10.3. The van der Waals surface area contributed by atoms with Gasteiger partial charge in [0.1, 0.15) is 17.6 Å². The molecule has 0 N–H and O–H groups in total. The molecule has 0 atom stereocenters. The molecule has 0 aromatic heterocycles. The minimum absolute atomic E-state index is 0.101. The highest BCUT2D eigenvalue weighted by molar-refractivity contribution is 8.00. The Hall–Kier alpha value is -5.74. The van der Waals surface area contributed by atoms with Gasteiger partial charge in [0.15, 0.2) is 8.07 Å². The van der Waals surface area contributed by atoms with E-state index in [1.165, 1.54) is 42.5 Å². The molecule has 3 aliphatic rings. The highest BCUT2D eigenvalue weighted by Crippen LogP contribution is 2.44. The molecule has 0 radical (unpaired) electrons. The van der Waals surface area contributed by atoms with Crippen LogP contribution in [0.5, 0.6) is 11.5 Å². The molecule has 50 heavy (non-hydrogen) atoms. The van der Waals surface area contributed by atoms with Gasteiger partial charge in [-0.3, -0.25) is 0 Å². The molecule has 3 aliphatic heterocycles. The van der Waals surface area contributed by atoms with Gasteiger partial charge in [-0.1, -0.05) is 139 Å². The maximum absolute atomic E-state index is 10.3. The normalized spacial score (nSPS) is 14.2. The molecule has 3 heterocycles. The number of nitrogens with zero attached hydrogens (tertiary/aromatic N) is 2. The first kappa shape index (κ1) is 29.2. The van der Waals surface area contributed by atoms with Crippen molar-refractivity contribution in [1.29, 1.82) is 5.26 Å². The second-order valence-corrected chi connectivity index (χ2v) is 17.9. The number of ether oxygens (including phenoxy) is 1. The zero-order valence-electron chi connectivity index (χ0n) is 27.3. The number of fused-ring (bicyclic) bond motifs is 6. The van der Waals surface area contributed by atoms with Gasteiger partial charge < -0.3 is 9.64 Å². The van der Waals surface area contributed by atoms with E-state index >= 15 is 0 Å². The van der Waals surface area contributed by atoms with Crippen LogP contribution < -0.4 is 46.8 Å². The molecule has 3 nitrogen and oxygen atoms in total. The fourth-order valence-corrected chi connectivity index (χ4v) is 15.0. The zero-order chi connectivity index (χ0) is 33.4. The van der Waals surface area contributed by atoms with Gasteiger partial charge in [0, 0.05) is 26.9 Å². The summed E-state index contributed by atoms with van der Waals surface area (Å²) >= 11 is 1.69. The third kappa shape index (κ3) is 3.93. The second kappa shape index (κ2) is 11.1. The number of aryl methyl sites for hydroxylation is 1. The molecule has 7 aromatic rings. The molecule has 0 amide bonds. The second-order valence-electron chi connectivity index (χ2n) is 13.1. The van der Waals surface area contributed by atoms with Crippen LogP contribution in [0.25, 0.3) is 0 Å². The van der Waals surface area contributed by atoms with Crippen LogP contribution in [0.1, 0.15) is 11.1 Å². The Morgan fingerprint density at radius 2 is 1.22 bits per heavy atom. The van der Waals surface area contributed by atoms with E-state index in [0.29, 0.717) is 5.56 Å². The van der Waals surface area contributed by atoms with Gasteiger partial charge in [-0.2, -0.15) is 5.26 Å². The summed E-state index contributed by atoms with van der Waals surface area (Å²) in [6.07, 6.45) is 0. The van der Waals surface area contributed by atoms with Crippen LogP contribution in [0.3, 0.4) is 0 Å². The Kier molecular flexibility index (Phi) is 6.51. The summed E-state index contributed by atoms with van der Waals surface area (Å²) in [5.74, 6) is 1.73. The van der Waals surface area contributed by atoms with Crippen molar-refractivity contribution in [3.63, 3.8) is 0 Å². The van der Waals surface area contributed by atoms with Crippen LogP contribution in [-0.4, -0.2) is 14.8 Å². The Balaban J connectivity index is 1.30. The van der Waals surface area contributed by atoms with Gasteiger partial charge in [0.25, 0.3) is 6.71 Å². The van der Waals surface area contributed by atoms with E-state index in [1.807, 2.05) is 6.07 Å². The SMILES string of the molecule is Cc1cc(C#N)c2c3c1Oc1cccc(N4c5ccccc5[Si](c5ccccc5)(c5ccccc5)c5ccccc54)c1B3c1ccccc1S2. The summed E-state index contributed by atoms with van der Waals surface area (Å²) in [6.45, 7) is 1.96. The molecule has 0 fully saturated rings. The molecule has 0 bridgehead atoms. The summed E-state index contributed by atoms with van der Waals surface area (Å²) < 4.78 is 6.92. The third-order valence-corrected chi connectivity index (χ3v) is 16.7. The molecular weight excluding hydrogens is 643 g/mol. The molecule has 10 rings (SSSR count). The van der Waals surface area contributed by atoms with E-state index in [-0.39, 0.29) is 6.71 Å². The van der Waals surface area contributed by atoms with Crippen molar-refractivity contribution < 1.29 is 4.74 Å². The van der Waals surface area contributed by atoms with Crippen molar-refractivity contribution in [2.45, 2.75) is 16.7 Å². The number of hydrogen-bond acceptors (Lipinski definition) is 4. The molecule has 0 saturated carbocycles. The first-order valence-corrected chi connectivity index (χ1v) is 19.8. The molecule has 6 heteroatoms. The van der Waals surface area contributed by atoms with Gasteiger partial charge in [-0.05, 0) is 80.6 Å². The number of para-hydroxylation sites is 2. The molecule has 7 aromatic carbocycles. The lowest BCUT2D eigenvalue weighted by atomic mass is 9.35. The maximum Gasteiger partial charge on any atom is 0.256 e. The molecule has 0 saturated heterocycles. The Bertz CT molecular complexity index is 2460. The van der Waals surface area contributed by atoms with Crippen molar-refractivity contribution >= 4 is 80.7 Å². The van der Waals surface area contributed by atoms with Crippen molar-refractivity contribution in [2.24, 2.45) is 0 Å². The number of benzene rings is 7. The van der Waals surface area contributed by atoms with E-state index in [1.54, 1.807) is 11.8 Å². The topological polar surface area (TPSA) is 36.3 Å². The van der Waals surface area contributed by atoms with Crippen LogP contribution in [-0.2, 0) is 0 Å². The molecule has 0 aliphatic carbocycles. The number of rotatable bonds is 3. The highest BCUT2D eigenvalue weighted by Gasteiger charge is 2.50. The number of nitriles is 1. The standard InChI is InChI=1S/C44H29BN2OSSi/c1-29-27-30(28-46)44-42-43(29)48-37-23-14-22-36(41(37)45(42)33-19-8-11-24-38(33)49-44)47-34-20-9-12-25-39(34)50(31-15-4-2-5-16-31,32-17-6-3-7-18-32)40-26-13-10-21-35(40)47/h2-27H,1H3. The minimum Gasteiger partial charge on any atom is -0.458 e. The average molecular weight is 673 g/mol. The fraction of sp³-hybridized carbons (Fsp3) is 0.0227. The van der Waals surface area contributed by atoms with E-state index in [0.717, 1.165) is 38.6 Å². The quantitative estimate of drug-likeness (QED) is 0.212.